The van der Waals surface area contributed by atoms with Crippen molar-refractivity contribution in [2.24, 2.45) is 7.05 Å². The maximum atomic E-state index is 12.3. The van der Waals surface area contributed by atoms with Gasteiger partial charge in [0.25, 0.3) is 5.56 Å². The van der Waals surface area contributed by atoms with Crippen LogP contribution >= 0.6 is 11.3 Å². The fraction of sp³-hybridized carbons (Fsp3) is 0.250. The van der Waals surface area contributed by atoms with Crippen LogP contribution in [0.3, 0.4) is 0 Å². The second-order valence-electron chi connectivity index (χ2n) is 6.84. The zero-order chi connectivity index (χ0) is 21.3. The highest BCUT2D eigenvalue weighted by Crippen LogP contribution is 2.25. The molecule has 0 aliphatic carbocycles. The van der Waals surface area contributed by atoms with Crippen LogP contribution < -0.4 is 16.6 Å². The van der Waals surface area contributed by atoms with Crippen LogP contribution in [0.15, 0.2) is 39.2 Å². The lowest BCUT2D eigenvalue weighted by molar-refractivity contribution is -0.116. The molecule has 0 saturated carbocycles. The molecule has 0 aliphatic heterocycles. The van der Waals surface area contributed by atoms with Crippen molar-refractivity contribution in [1.82, 2.24) is 24.5 Å². The molecule has 1 aromatic carbocycles. The summed E-state index contributed by atoms with van der Waals surface area (Å²) in [6, 6.07) is 8.19. The quantitative estimate of drug-likeness (QED) is 0.438. The number of aromatic nitrogens is 5. The number of benzene rings is 1. The van der Waals surface area contributed by atoms with Crippen molar-refractivity contribution < 1.29 is 4.79 Å². The summed E-state index contributed by atoms with van der Waals surface area (Å²) in [7, 11) is 1.52. The molecule has 30 heavy (non-hydrogen) atoms. The van der Waals surface area contributed by atoms with Gasteiger partial charge in [0.2, 0.25) is 5.91 Å². The predicted molar refractivity (Wildman–Crippen MR) is 116 cm³/mol. The van der Waals surface area contributed by atoms with Crippen molar-refractivity contribution in [2.75, 3.05) is 5.32 Å². The topological polar surface area (TPSA) is 126 Å². The number of carbonyl (C=O) groups is 1. The molecule has 4 aromatic rings. The molecule has 9 nitrogen and oxygen atoms in total. The van der Waals surface area contributed by atoms with Crippen LogP contribution in [0.4, 0.5) is 5.13 Å². The van der Waals surface area contributed by atoms with Crippen LogP contribution in [0.5, 0.6) is 0 Å². The number of imidazole rings is 1. The van der Waals surface area contributed by atoms with E-state index in [1.165, 1.54) is 28.5 Å². The average molecular weight is 424 g/mol. The number of H-pyrrole nitrogens is 2. The summed E-state index contributed by atoms with van der Waals surface area (Å²) in [5, 5.41) is 5.23. The van der Waals surface area contributed by atoms with Gasteiger partial charge in [-0.1, -0.05) is 31.2 Å². The molecule has 3 N–H and O–H groups in total. The number of nitrogens with zero attached hydrogens (tertiary/aromatic N) is 3. The summed E-state index contributed by atoms with van der Waals surface area (Å²) < 4.78 is 1.25. The van der Waals surface area contributed by atoms with Gasteiger partial charge < -0.3 is 10.3 Å². The minimum atomic E-state index is -0.535. The maximum absolute atomic E-state index is 12.3. The number of hydrogen-bond acceptors (Lipinski definition) is 6. The highest BCUT2D eigenvalue weighted by atomic mass is 32.1. The first-order chi connectivity index (χ1) is 14.4. The molecule has 0 saturated heterocycles. The minimum absolute atomic E-state index is 0.159. The van der Waals surface area contributed by atoms with Gasteiger partial charge in [0.15, 0.2) is 10.8 Å². The molecular weight excluding hydrogens is 404 g/mol. The Kier molecular flexibility index (Phi) is 5.32. The van der Waals surface area contributed by atoms with E-state index in [1.54, 1.807) is 0 Å². The number of aromatic amines is 2. The third-order valence-electron chi connectivity index (χ3n) is 4.80. The zero-order valence-corrected chi connectivity index (χ0v) is 17.3. The Hall–Kier alpha value is -3.53. The Balaban J connectivity index is 1.41. The maximum Gasteiger partial charge on any atom is 0.329 e. The van der Waals surface area contributed by atoms with Crippen LogP contribution in [0.2, 0.25) is 0 Å². The Labute approximate surface area is 174 Å². The van der Waals surface area contributed by atoms with Crippen LogP contribution in [0.1, 0.15) is 24.7 Å². The number of carbonyl (C=O) groups excluding carboxylic acids is 1. The second-order valence-corrected chi connectivity index (χ2v) is 7.70. The summed E-state index contributed by atoms with van der Waals surface area (Å²) in [5.74, 6) is 0.253. The van der Waals surface area contributed by atoms with E-state index < -0.39 is 11.2 Å². The van der Waals surface area contributed by atoms with Gasteiger partial charge in [-0.2, -0.15) is 0 Å². The molecule has 4 rings (SSSR count). The molecule has 10 heteroatoms. The monoisotopic (exact) mass is 424 g/mol. The lowest BCUT2D eigenvalue weighted by atomic mass is 10.1. The number of thiazole rings is 1. The molecule has 0 unspecified atom stereocenters. The van der Waals surface area contributed by atoms with Gasteiger partial charge in [0.05, 0.1) is 5.69 Å². The average Bonchev–Trinajstić information content (AvgIpc) is 3.38. The third-order valence-corrected chi connectivity index (χ3v) is 5.56. The van der Waals surface area contributed by atoms with Crippen LogP contribution in [-0.4, -0.2) is 30.4 Å². The van der Waals surface area contributed by atoms with E-state index in [4.69, 9.17) is 0 Å². The van der Waals surface area contributed by atoms with Crippen molar-refractivity contribution in [3.8, 4) is 11.3 Å². The van der Waals surface area contributed by atoms with Crippen molar-refractivity contribution in [1.29, 1.82) is 0 Å². The highest BCUT2D eigenvalue weighted by molar-refractivity contribution is 7.14. The molecule has 0 radical (unpaired) electrons. The molecule has 0 bridgehead atoms. The lowest BCUT2D eigenvalue weighted by Crippen LogP contribution is -2.28. The zero-order valence-electron chi connectivity index (χ0n) is 16.5. The first-order valence-electron chi connectivity index (χ1n) is 9.47. The number of fused-ring (bicyclic) bond motifs is 1. The van der Waals surface area contributed by atoms with Gasteiger partial charge >= 0.3 is 5.69 Å². The Morgan fingerprint density at radius 3 is 2.67 bits per heavy atom. The van der Waals surface area contributed by atoms with E-state index in [-0.39, 0.29) is 23.5 Å². The molecule has 3 aromatic heterocycles. The molecule has 1 amide bonds. The van der Waals surface area contributed by atoms with Gasteiger partial charge in [-0.15, -0.1) is 11.3 Å². The number of rotatable bonds is 6. The second kappa shape index (κ2) is 8.07. The first kappa shape index (κ1) is 19.8. The number of aryl methyl sites for hydroxylation is 3. The van der Waals surface area contributed by atoms with E-state index in [1.807, 2.05) is 17.5 Å². The van der Waals surface area contributed by atoms with Crippen molar-refractivity contribution in [3.05, 3.63) is 61.9 Å². The predicted octanol–water partition coefficient (Wildman–Crippen LogP) is 2.21. The Morgan fingerprint density at radius 2 is 1.93 bits per heavy atom. The molecule has 0 aliphatic rings. The van der Waals surface area contributed by atoms with Gasteiger partial charge in [0, 0.05) is 30.8 Å². The highest BCUT2D eigenvalue weighted by Gasteiger charge is 2.13. The molecule has 154 valence electrons. The van der Waals surface area contributed by atoms with Gasteiger partial charge in [-0.3, -0.25) is 19.1 Å². The van der Waals surface area contributed by atoms with E-state index in [2.05, 4.69) is 44.3 Å². The molecule has 0 fully saturated rings. The Bertz CT molecular complexity index is 1330. The minimum Gasteiger partial charge on any atom is -0.336 e. The van der Waals surface area contributed by atoms with Crippen molar-refractivity contribution in [3.63, 3.8) is 0 Å². The van der Waals surface area contributed by atoms with Gasteiger partial charge in [-0.05, 0) is 12.0 Å². The number of nitrogens with one attached hydrogen (secondary N) is 3. The van der Waals surface area contributed by atoms with E-state index >= 15 is 0 Å². The first-order valence-corrected chi connectivity index (χ1v) is 10.3. The normalized spacial score (nSPS) is 11.1. The SMILES string of the molecule is CCc1ccc(-c2csc(NC(=O)CCc3nc4c([nH]3)c(=O)[nH]c(=O)n4C)n2)cc1. The van der Waals surface area contributed by atoms with Crippen molar-refractivity contribution in [2.45, 2.75) is 26.2 Å². The molecular formula is C20H20N6O3S. The van der Waals surface area contributed by atoms with E-state index in [9.17, 15) is 14.4 Å². The van der Waals surface area contributed by atoms with Crippen molar-refractivity contribution >= 4 is 33.5 Å². The van der Waals surface area contributed by atoms with Crippen LogP contribution in [0.25, 0.3) is 22.4 Å². The molecule has 0 spiro atoms. The smallest absolute Gasteiger partial charge is 0.329 e. The number of amides is 1. The largest absolute Gasteiger partial charge is 0.336 e. The van der Waals surface area contributed by atoms with E-state index in [0.717, 1.165) is 17.7 Å². The fourth-order valence-corrected chi connectivity index (χ4v) is 3.80. The number of hydrogen-bond donors (Lipinski definition) is 3. The molecule has 0 atom stereocenters. The Morgan fingerprint density at radius 1 is 1.17 bits per heavy atom. The third kappa shape index (κ3) is 3.94. The summed E-state index contributed by atoms with van der Waals surface area (Å²) in [6.45, 7) is 2.11. The van der Waals surface area contributed by atoms with Crippen LogP contribution in [-0.2, 0) is 24.7 Å². The standard InChI is InChI=1S/C20H20N6O3S/c1-3-11-4-6-12(7-5-11)13-10-30-19(21-13)24-15(27)9-8-14-22-16-17(23-14)26(2)20(29)25-18(16)28/h4-7,10H,3,8-9H2,1-2H3,(H,22,23)(H,21,24,27)(H,25,28,29). The lowest BCUT2D eigenvalue weighted by Gasteiger charge is -2.01. The summed E-state index contributed by atoms with van der Waals surface area (Å²) in [6.07, 6.45) is 1.44. The summed E-state index contributed by atoms with van der Waals surface area (Å²) in [5.41, 5.74) is 2.49. The van der Waals surface area contributed by atoms with Gasteiger partial charge in [0.1, 0.15) is 11.3 Å². The fourth-order valence-electron chi connectivity index (χ4n) is 3.06. The van der Waals surface area contributed by atoms with Crippen LogP contribution in [0, 0.1) is 0 Å². The van der Waals surface area contributed by atoms with E-state index in [0.29, 0.717) is 17.4 Å². The number of anilines is 1. The van der Waals surface area contributed by atoms with Gasteiger partial charge in [-0.25, -0.2) is 14.8 Å². The molecule has 3 heterocycles. The summed E-state index contributed by atoms with van der Waals surface area (Å²) >= 11 is 1.36. The summed E-state index contributed by atoms with van der Waals surface area (Å²) in [4.78, 5) is 49.7.